The van der Waals surface area contributed by atoms with E-state index in [4.69, 9.17) is 9.47 Å². The molecule has 0 saturated carbocycles. The molecular weight excluding hydrogens is 743 g/mol. The van der Waals surface area contributed by atoms with Crippen LogP contribution in [0.5, 0.6) is 5.75 Å². The van der Waals surface area contributed by atoms with Crippen LogP contribution in [-0.4, -0.2) is 74.8 Å². The Bertz CT molecular complexity index is 2090. The number of anilines is 2. The van der Waals surface area contributed by atoms with E-state index < -0.39 is 19.8 Å². The van der Waals surface area contributed by atoms with Gasteiger partial charge in [-0.2, -0.15) is 0 Å². The number of nitrogens with zero attached hydrogens (tertiary/aromatic N) is 3. The van der Waals surface area contributed by atoms with E-state index >= 15 is 4.79 Å². The molecule has 2 fully saturated rings. The lowest BCUT2D eigenvalue weighted by Gasteiger charge is -2.39. The Morgan fingerprint density at radius 3 is 2.43 bits per heavy atom. The van der Waals surface area contributed by atoms with Crippen LogP contribution in [0.3, 0.4) is 0 Å². The van der Waals surface area contributed by atoms with Crippen LogP contribution in [0.25, 0.3) is 0 Å². The number of aliphatic hydroxyl groups excluding tert-OH is 1. The van der Waals surface area contributed by atoms with Crippen molar-refractivity contribution in [2.75, 3.05) is 36.6 Å². The van der Waals surface area contributed by atoms with Crippen LogP contribution in [0.4, 0.5) is 11.4 Å². The summed E-state index contributed by atoms with van der Waals surface area (Å²) >= 11 is 0. The molecule has 0 aromatic heterocycles. The molecule has 2 saturated heterocycles. The maximum Gasteiger partial charge on any atom is 0.264 e. The molecule has 1 N–H and O–H groups in total. The third-order valence-electron chi connectivity index (χ3n) is 13.4. The SMILES string of the molecule is COc1ccc([Si](C)(C)[C@@H]2[C@@H](CC(=O)N3Cc4ccccc4C[C@H]3CO)O[C@]3(C(=O)N(C/C=C(\C)CCC=C(C)C)c4ccc(N5CCCCC5=O)cc43)[C@H]2C)cc1. The van der Waals surface area contributed by atoms with Gasteiger partial charge in [0, 0.05) is 43.2 Å². The Morgan fingerprint density at radius 1 is 1.00 bits per heavy atom. The van der Waals surface area contributed by atoms with Crippen molar-refractivity contribution in [2.45, 2.75) is 116 Å². The molecule has 58 heavy (non-hydrogen) atoms. The number of allylic oxidation sites excluding steroid dienone is 3. The van der Waals surface area contributed by atoms with Crippen molar-refractivity contribution in [2.24, 2.45) is 5.92 Å². The Labute approximate surface area is 345 Å². The van der Waals surface area contributed by atoms with Crippen molar-refractivity contribution in [1.82, 2.24) is 4.90 Å². The normalized spacial score (nSPS) is 24.6. The van der Waals surface area contributed by atoms with Gasteiger partial charge in [-0.15, -0.1) is 0 Å². The van der Waals surface area contributed by atoms with Crippen LogP contribution in [0.2, 0.25) is 18.6 Å². The summed E-state index contributed by atoms with van der Waals surface area (Å²) in [5.74, 6) is 0.346. The summed E-state index contributed by atoms with van der Waals surface area (Å²) in [6, 6.07) is 22.0. The molecule has 4 aliphatic rings. The molecule has 3 aromatic carbocycles. The number of piperidine rings is 1. The highest BCUT2D eigenvalue weighted by Crippen LogP contribution is 2.60. The topological polar surface area (TPSA) is 99.6 Å². The average Bonchev–Trinajstić information content (AvgIpc) is 3.64. The number of carbonyl (C=O) groups excluding carboxylic acids is 3. The first kappa shape index (κ1) is 41.6. The molecule has 0 unspecified atom stereocenters. The van der Waals surface area contributed by atoms with Gasteiger partial charge < -0.3 is 29.3 Å². The van der Waals surface area contributed by atoms with Gasteiger partial charge in [0.15, 0.2) is 5.60 Å². The van der Waals surface area contributed by atoms with Gasteiger partial charge in [-0.3, -0.25) is 14.4 Å². The predicted octanol–water partition coefficient (Wildman–Crippen LogP) is 7.80. The molecule has 3 aromatic rings. The van der Waals surface area contributed by atoms with Crippen molar-refractivity contribution < 1.29 is 29.0 Å². The first-order valence-electron chi connectivity index (χ1n) is 21.2. The number of carbonyl (C=O) groups is 3. The van der Waals surface area contributed by atoms with E-state index in [0.717, 1.165) is 59.5 Å². The van der Waals surface area contributed by atoms with Gasteiger partial charge in [-0.05, 0) is 99.9 Å². The maximum atomic E-state index is 15.5. The largest absolute Gasteiger partial charge is 0.497 e. The number of rotatable bonds is 12. The Hall–Kier alpha value is -4.51. The predicted molar refractivity (Wildman–Crippen MR) is 233 cm³/mol. The van der Waals surface area contributed by atoms with E-state index in [0.29, 0.717) is 32.5 Å². The van der Waals surface area contributed by atoms with Crippen LogP contribution in [0.15, 0.2) is 90.0 Å². The zero-order valence-electron chi connectivity index (χ0n) is 35.4. The van der Waals surface area contributed by atoms with E-state index in [1.54, 1.807) is 7.11 Å². The minimum atomic E-state index is -2.54. The first-order chi connectivity index (χ1) is 27.8. The fraction of sp³-hybridized carbons (Fsp3) is 0.479. The molecule has 0 aliphatic carbocycles. The van der Waals surface area contributed by atoms with Gasteiger partial charge in [-0.1, -0.05) is 84.9 Å². The lowest BCUT2D eigenvalue weighted by Crippen LogP contribution is -2.52. The molecule has 1 spiro atoms. The third kappa shape index (κ3) is 7.71. The second-order valence-corrected chi connectivity index (χ2v) is 22.4. The van der Waals surface area contributed by atoms with Gasteiger partial charge in [-0.25, -0.2) is 0 Å². The smallest absolute Gasteiger partial charge is 0.264 e. The fourth-order valence-electron chi connectivity index (χ4n) is 10.2. The molecule has 3 amide bonds. The molecule has 7 rings (SSSR count). The highest BCUT2D eigenvalue weighted by atomic mass is 28.3. The number of aliphatic hydroxyl groups is 1. The van der Waals surface area contributed by atoms with E-state index in [1.807, 2.05) is 57.2 Å². The monoisotopic (exact) mass is 803 g/mol. The van der Waals surface area contributed by atoms with E-state index in [-0.39, 0.29) is 48.3 Å². The van der Waals surface area contributed by atoms with Gasteiger partial charge in [0.1, 0.15) is 5.75 Å². The zero-order chi connectivity index (χ0) is 41.4. The Balaban J connectivity index is 1.32. The molecule has 0 bridgehead atoms. The van der Waals surface area contributed by atoms with E-state index in [2.05, 4.69) is 77.2 Å². The molecule has 308 valence electrons. The molecule has 4 aliphatic heterocycles. The number of benzene rings is 3. The number of fused-ring (bicyclic) bond motifs is 3. The second kappa shape index (κ2) is 17.0. The molecule has 0 radical (unpaired) electrons. The number of ether oxygens (including phenoxy) is 2. The minimum absolute atomic E-state index is 0.0816. The van der Waals surface area contributed by atoms with Crippen LogP contribution in [-0.2, 0) is 37.7 Å². The Kier molecular flexibility index (Phi) is 12.2. The summed E-state index contributed by atoms with van der Waals surface area (Å²) in [7, 11) is -0.883. The van der Waals surface area contributed by atoms with Gasteiger partial charge in [0.05, 0.1) is 46.0 Å². The number of hydrogen-bond acceptors (Lipinski definition) is 6. The average molecular weight is 804 g/mol. The minimum Gasteiger partial charge on any atom is -0.497 e. The number of hydrogen-bond donors (Lipinski definition) is 1. The lowest BCUT2D eigenvalue weighted by atomic mass is 9.82. The number of amides is 3. The van der Waals surface area contributed by atoms with Crippen LogP contribution >= 0.6 is 0 Å². The van der Waals surface area contributed by atoms with Crippen molar-refractivity contribution >= 4 is 42.4 Å². The maximum absolute atomic E-state index is 15.5. The summed E-state index contributed by atoms with van der Waals surface area (Å²) in [6.45, 7) is 14.4. The fourth-order valence-corrected chi connectivity index (χ4v) is 14.2. The zero-order valence-corrected chi connectivity index (χ0v) is 36.4. The Morgan fingerprint density at radius 2 is 1.74 bits per heavy atom. The molecule has 9 nitrogen and oxygen atoms in total. The van der Waals surface area contributed by atoms with Crippen molar-refractivity contribution in [3.63, 3.8) is 0 Å². The van der Waals surface area contributed by atoms with Crippen molar-refractivity contribution in [3.05, 3.63) is 107 Å². The summed E-state index contributed by atoms with van der Waals surface area (Å²) in [6.07, 6.45) is 8.61. The molecular formula is C48H61N3O6Si. The van der Waals surface area contributed by atoms with Crippen LogP contribution < -0.4 is 19.7 Å². The summed E-state index contributed by atoms with van der Waals surface area (Å²) < 4.78 is 12.9. The summed E-state index contributed by atoms with van der Waals surface area (Å²) in [5, 5.41) is 11.7. The second-order valence-electron chi connectivity index (χ2n) is 17.7. The quantitative estimate of drug-likeness (QED) is 0.148. The van der Waals surface area contributed by atoms with E-state index in [1.165, 1.54) is 16.3 Å². The third-order valence-corrected chi connectivity index (χ3v) is 17.8. The molecule has 5 atom stereocenters. The highest BCUT2D eigenvalue weighted by molar-refractivity contribution is 6.91. The van der Waals surface area contributed by atoms with Gasteiger partial charge >= 0.3 is 0 Å². The number of methoxy groups -OCH3 is 1. The molecule has 4 heterocycles. The summed E-state index contributed by atoms with van der Waals surface area (Å²) in [5.41, 5.74) is 5.56. The van der Waals surface area contributed by atoms with Crippen LogP contribution in [0.1, 0.15) is 82.9 Å². The first-order valence-corrected chi connectivity index (χ1v) is 24.2. The van der Waals surface area contributed by atoms with Crippen LogP contribution in [0, 0.1) is 5.92 Å². The summed E-state index contributed by atoms with van der Waals surface area (Å²) in [4.78, 5) is 49.0. The lowest BCUT2D eigenvalue weighted by molar-refractivity contribution is -0.150. The van der Waals surface area contributed by atoms with Crippen molar-refractivity contribution in [3.8, 4) is 5.75 Å². The standard InChI is InChI=1S/C48H61N3O6Si/c1-32(2)13-12-14-33(3)24-26-50-42-23-18-37(49-25-11-10-17-44(49)53)28-41(42)48(47(50)55)34(4)46(58(6,7)40-21-19-39(56-5)20-22-40)43(57-48)29-45(54)51-30-36-16-9-8-15-35(36)27-38(51)31-52/h8-9,13,15-16,18-24,28,34,38,43,46,52H,10-12,14,17,25-27,29-31H2,1-7H3/b33-24+/t34-,38-,43+,46-,48+/m0/s1. The van der Waals surface area contributed by atoms with Crippen molar-refractivity contribution in [1.29, 1.82) is 0 Å². The van der Waals surface area contributed by atoms with E-state index in [9.17, 15) is 14.7 Å². The van der Waals surface area contributed by atoms with Gasteiger partial charge in [0.2, 0.25) is 11.8 Å². The van der Waals surface area contributed by atoms with Gasteiger partial charge in [0.25, 0.3) is 5.91 Å². The molecule has 10 heteroatoms. The highest BCUT2D eigenvalue weighted by Gasteiger charge is 2.66.